The first-order valence-electron chi connectivity index (χ1n) is 6.23. The van der Waals surface area contributed by atoms with Gasteiger partial charge in [-0.2, -0.15) is 10.4 Å². The fourth-order valence-corrected chi connectivity index (χ4v) is 3.71. The van der Waals surface area contributed by atoms with Crippen LogP contribution in [0, 0.1) is 17.1 Å². The van der Waals surface area contributed by atoms with E-state index >= 15 is 0 Å². The van der Waals surface area contributed by atoms with Gasteiger partial charge in [-0.3, -0.25) is 0 Å². The van der Waals surface area contributed by atoms with E-state index in [1.807, 2.05) is 0 Å². The molecule has 20 heavy (non-hydrogen) atoms. The lowest BCUT2D eigenvalue weighted by Crippen LogP contribution is -2.09. The first-order valence-corrected chi connectivity index (χ1v) is 7.94. The summed E-state index contributed by atoms with van der Waals surface area (Å²) < 4.78 is 15.5. The number of halogens is 3. The molecule has 0 saturated carbocycles. The third-order valence-electron chi connectivity index (χ3n) is 3.46. The number of hydrogen-bond donors (Lipinski definition) is 0. The van der Waals surface area contributed by atoms with Gasteiger partial charge in [-0.05, 0) is 53.4 Å². The Labute approximate surface area is 132 Å². The van der Waals surface area contributed by atoms with Crippen molar-refractivity contribution in [1.82, 2.24) is 9.78 Å². The smallest absolute Gasteiger partial charge is 0.167 e. The average Bonchev–Trinajstić information content (AvgIpc) is 2.82. The number of nitriles is 1. The molecule has 6 heteroatoms. The Balaban J connectivity index is 2.20. The van der Waals surface area contributed by atoms with Crippen LogP contribution >= 0.6 is 31.9 Å². The molecule has 0 radical (unpaired) electrons. The van der Waals surface area contributed by atoms with Crippen LogP contribution in [0.4, 0.5) is 4.39 Å². The zero-order valence-electron chi connectivity index (χ0n) is 10.4. The third-order valence-corrected chi connectivity index (χ3v) is 4.98. The van der Waals surface area contributed by atoms with E-state index in [9.17, 15) is 9.65 Å². The molecule has 0 N–H and O–H groups in total. The highest BCUT2D eigenvalue weighted by atomic mass is 79.9. The Morgan fingerprint density at radius 3 is 2.95 bits per heavy atom. The molecule has 0 saturated heterocycles. The lowest BCUT2D eigenvalue weighted by atomic mass is 9.95. The van der Waals surface area contributed by atoms with Gasteiger partial charge in [0, 0.05) is 16.1 Å². The van der Waals surface area contributed by atoms with Crippen molar-refractivity contribution in [3.8, 4) is 11.8 Å². The van der Waals surface area contributed by atoms with Crippen LogP contribution in [0.5, 0.6) is 0 Å². The van der Waals surface area contributed by atoms with Crippen LogP contribution in [0.1, 0.15) is 34.6 Å². The summed E-state index contributed by atoms with van der Waals surface area (Å²) in [6, 6.07) is 6.91. The Morgan fingerprint density at radius 1 is 1.45 bits per heavy atom. The molecule has 2 aromatic rings. The number of aromatic nitrogens is 2. The standard InChI is InChI=1S/C14H10Br2FN3/c15-9-2-1-3-13-14(9)12(7-18)19-20(13)8-4-5-11(17)10(16)6-8/h4-6,9H,1-3H2. The van der Waals surface area contributed by atoms with Gasteiger partial charge in [0.25, 0.3) is 0 Å². The van der Waals surface area contributed by atoms with Crippen molar-refractivity contribution in [2.45, 2.75) is 24.1 Å². The molecule has 0 spiro atoms. The maximum atomic E-state index is 13.4. The van der Waals surface area contributed by atoms with E-state index in [-0.39, 0.29) is 10.6 Å². The topological polar surface area (TPSA) is 41.6 Å². The molecule has 1 aromatic heterocycles. The van der Waals surface area contributed by atoms with Crippen LogP contribution in [-0.2, 0) is 6.42 Å². The highest BCUT2D eigenvalue weighted by Gasteiger charge is 2.27. The average molecular weight is 399 g/mol. The highest BCUT2D eigenvalue weighted by Crippen LogP contribution is 2.39. The summed E-state index contributed by atoms with van der Waals surface area (Å²) in [6.45, 7) is 0. The van der Waals surface area contributed by atoms with Crippen molar-refractivity contribution >= 4 is 31.9 Å². The van der Waals surface area contributed by atoms with E-state index < -0.39 is 0 Å². The van der Waals surface area contributed by atoms with Crippen LogP contribution in [0.3, 0.4) is 0 Å². The van der Waals surface area contributed by atoms with Gasteiger partial charge in [0.2, 0.25) is 0 Å². The SMILES string of the molecule is N#Cc1nn(-c2ccc(F)c(Br)c2)c2c1C(Br)CCC2. The Bertz CT molecular complexity index is 718. The summed E-state index contributed by atoms with van der Waals surface area (Å²) in [5.74, 6) is -0.311. The zero-order valence-corrected chi connectivity index (χ0v) is 13.6. The van der Waals surface area contributed by atoms with Crippen molar-refractivity contribution in [2.75, 3.05) is 0 Å². The van der Waals surface area contributed by atoms with E-state index in [2.05, 4.69) is 43.0 Å². The number of nitrogens with zero attached hydrogens (tertiary/aromatic N) is 3. The van der Waals surface area contributed by atoms with Crippen LogP contribution < -0.4 is 0 Å². The fraction of sp³-hybridized carbons (Fsp3) is 0.286. The van der Waals surface area contributed by atoms with Gasteiger partial charge in [0.05, 0.1) is 10.2 Å². The number of benzene rings is 1. The maximum absolute atomic E-state index is 13.4. The van der Waals surface area contributed by atoms with Gasteiger partial charge in [-0.25, -0.2) is 9.07 Å². The molecule has 3 rings (SSSR count). The molecular weight excluding hydrogens is 389 g/mol. The minimum atomic E-state index is -0.311. The minimum absolute atomic E-state index is 0.165. The quantitative estimate of drug-likeness (QED) is 0.667. The number of rotatable bonds is 1. The highest BCUT2D eigenvalue weighted by molar-refractivity contribution is 9.10. The summed E-state index contributed by atoms with van der Waals surface area (Å²) >= 11 is 6.80. The third kappa shape index (κ3) is 2.19. The van der Waals surface area contributed by atoms with E-state index in [0.29, 0.717) is 10.2 Å². The molecule has 0 amide bonds. The van der Waals surface area contributed by atoms with E-state index in [4.69, 9.17) is 0 Å². The van der Waals surface area contributed by atoms with E-state index in [1.54, 1.807) is 16.8 Å². The van der Waals surface area contributed by atoms with Crippen molar-refractivity contribution in [1.29, 1.82) is 5.26 Å². The second-order valence-electron chi connectivity index (χ2n) is 4.69. The molecule has 1 aromatic carbocycles. The molecule has 102 valence electrons. The summed E-state index contributed by atoms with van der Waals surface area (Å²) in [5, 5.41) is 13.6. The summed E-state index contributed by atoms with van der Waals surface area (Å²) in [7, 11) is 0. The normalized spacial score (nSPS) is 17.6. The maximum Gasteiger partial charge on any atom is 0.167 e. The van der Waals surface area contributed by atoms with Crippen molar-refractivity contribution in [2.24, 2.45) is 0 Å². The number of hydrogen-bond acceptors (Lipinski definition) is 2. The van der Waals surface area contributed by atoms with E-state index in [0.717, 1.165) is 36.2 Å². The molecule has 3 nitrogen and oxygen atoms in total. The number of fused-ring (bicyclic) bond motifs is 1. The summed E-state index contributed by atoms with van der Waals surface area (Å²) in [6.07, 6.45) is 2.92. The molecule has 1 atom stereocenters. The lowest BCUT2D eigenvalue weighted by Gasteiger charge is -2.18. The molecule has 0 fully saturated rings. The molecular formula is C14H10Br2FN3. The fourth-order valence-electron chi connectivity index (χ4n) is 2.54. The molecule has 0 bridgehead atoms. The van der Waals surface area contributed by atoms with Crippen LogP contribution in [0.2, 0.25) is 0 Å². The van der Waals surface area contributed by atoms with Gasteiger partial charge >= 0.3 is 0 Å². The minimum Gasteiger partial charge on any atom is -0.236 e. The Morgan fingerprint density at radius 2 is 2.25 bits per heavy atom. The Kier molecular flexibility index (Phi) is 3.65. The van der Waals surface area contributed by atoms with Crippen LogP contribution in [0.15, 0.2) is 22.7 Å². The van der Waals surface area contributed by atoms with Crippen molar-refractivity contribution in [3.63, 3.8) is 0 Å². The second-order valence-corrected chi connectivity index (χ2v) is 6.65. The number of alkyl halides is 1. The first-order chi connectivity index (χ1) is 9.61. The van der Waals surface area contributed by atoms with Crippen LogP contribution in [-0.4, -0.2) is 9.78 Å². The molecule has 1 aliphatic rings. The predicted octanol–water partition coefficient (Wildman–Crippen LogP) is 4.42. The van der Waals surface area contributed by atoms with Gasteiger partial charge in [-0.15, -0.1) is 0 Å². The summed E-state index contributed by atoms with van der Waals surface area (Å²) in [4.78, 5) is 0.165. The van der Waals surface area contributed by atoms with Gasteiger partial charge in [0.1, 0.15) is 11.9 Å². The van der Waals surface area contributed by atoms with Gasteiger partial charge in [-0.1, -0.05) is 15.9 Å². The van der Waals surface area contributed by atoms with Gasteiger partial charge in [0.15, 0.2) is 5.69 Å². The first kappa shape index (κ1) is 13.8. The monoisotopic (exact) mass is 397 g/mol. The molecule has 1 heterocycles. The van der Waals surface area contributed by atoms with E-state index in [1.165, 1.54) is 6.07 Å². The Hall–Kier alpha value is -1.19. The molecule has 0 aliphatic heterocycles. The van der Waals surface area contributed by atoms with Crippen molar-refractivity contribution < 1.29 is 4.39 Å². The second kappa shape index (κ2) is 5.30. The van der Waals surface area contributed by atoms with Gasteiger partial charge < -0.3 is 0 Å². The van der Waals surface area contributed by atoms with Crippen LogP contribution in [0.25, 0.3) is 5.69 Å². The summed E-state index contributed by atoms with van der Waals surface area (Å²) in [5.41, 5.74) is 3.21. The lowest BCUT2D eigenvalue weighted by molar-refractivity contribution is 0.618. The largest absolute Gasteiger partial charge is 0.236 e. The van der Waals surface area contributed by atoms with Crippen molar-refractivity contribution in [3.05, 3.63) is 45.4 Å². The zero-order chi connectivity index (χ0) is 14.3. The molecule has 1 aliphatic carbocycles. The predicted molar refractivity (Wildman–Crippen MR) is 80.5 cm³/mol. The molecule has 1 unspecified atom stereocenters.